The Morgan fingerprint density at radius 2 is 2.00 bits per heavy atom. The van der Waals surface area contributed by atoms with Crippen LogP contribution in [0.1, 0.15) is 10.4 Å². The van der Waals surface area contributed by atoms with Gasteiger partial charge in [0.05, 0.1) is 12.0 Å². The Bertz CT molecular complexity index is 700. The number of methoxy groups -OCH3 is 1. The number of non-ortho nitro benzene ring substituents is 1. The molecule has 0 radical (unpaired) electrons. The summed E-state index contributed by atoms with van der Waals surface area (Å²) in [5, 5.41) is 24.8. The van der Waals surface area contributed by atoms with Gasteiger partial charge in [-0.1, -0.05) is 17.9 Å². The first kappa shape index (κ1) is 14.3. The maximum Gasteiger partial charge on any atom is 0.270 e. The molecular formula is C14H11N2O5-. The lowest BCUT2D eigenvalue weighted by Crippen LogP contribution is -2.14. The first-order valence-electron chi connectivity index (χ1n) is 5.92. The summed E-state index contributed by atoms with van der Waals surface area (Å²) in [7, 11) is 1.48. The van der Waals surface area contributed by atoms with Crippen molar-refractivity contribution in [3.05, 3.63) is 58.1 Å². The van der Waals surface area contributed by atoms with Crippen molar-refractivity contribution in [3.8, 4) is 11.5 Å². The molecule has 0 aliphatic carbocycles. The topological polar surface area (TPSA) is 105 Å². The summed E-state index contributed by atoms with van der Waals surface area (Å²) in [6.45, 7) is 0. The van der Waals surface area contributed by atoms with E-state index in [2.05, 4.69) is 5.32 Å². The highest BCUT2D eigenvalue weighted by Crippen LogP contribution is 2.23. The Labute approximate surface area is 119 Å². The molecule has 108 valence electrons. The summed E-state index contributed by atoms with van der Waals surface area (Å²) >= 11 is 0. The van der Waals surface area contributed by atoms with Crippen LogP contribution in [0.5, 0.6) is 11.5 Å². The van der Waals surface area contributed by atoms with E-state index in [-0.39, 0.29) is 11.3 Å². The molecule has 0 saturated heterocycles. The molecule has 1 N–H and O–H groups in total. The van der Waals surface area contributed by atoms with Crippen molar-refractivity contribution in [2.75, 3.05) is 12.4 Å². The highest BCUT2D eigenvalue weighted by atomic mass is 16.6. The molecule has 0 aromatic heterocycles. The molecular weight excluding hydrogens is 276 g/mol. The van der Waals surface area contributed by atoms with Gasteiger partial charge in [-0.3, -0.25) is 14.9 Å². The Morgan fingerprint density at radius 3 is 2.67 bits per heavy atom. The van der Waals surface area contributed by atoms with E-state index in [0.717, 1.165) is 18.2 Å². The number of carbonyl (C=O) groups is 1. The van der Waals surface area contributed by atoms with Gasteiger partial charge in [-0.25, -0.2) is 0 Å². The van der Waals surface area contributed by atoms with Crippen LogP contribution in [0.4, 0.5) is 11.4 Å². The van der Waals surface area contributed by atoms with Crippen molar-refractivity contribution >= 4 is 17.3 Å². The third-order valence-corrected chi connectivity index (χ3v) is 2.75. The van der Waals surface area contributed by atoms with Crippen LogP contribution in [-0.2, 0) is 0 Å². The SMILES string of the molecule is COc1cccc(NC(=O)c2cc([N+](=O)[O-])ccc2[O-])c1. The van der Waals surface area contributed by atoms with Crippen LogP contribution in [0.15, 0.2) is 42.5 Å². The lowest BCUT2D eigenvalue weighted by atomic mass is 10.1. The van der Waals surface area contributed by atoms with E-state index in [1.807, 2.05) is 0 Å². The predicted octanol–water partition coefficient (Wildman–Crippen LogP) is 1.93. The van der Waals surface area contributed by atoms with Crippen molar-refractivity contribution in [2.24, 2.45) is 0 Å². The number of hydrogen-bond donors (Lipinski definition) is 1. The van der Waals surface area contributed by atoms with Crippen LogP contribution < -0.4 is 15.2 Å². The van der Waals surface area contributed by atoms with Gasteiger partial charge in [-0.2, -0.15) is 0 Å². The van der Waals surface area contributed by atoms with E-state index in [0.29, 0.717) is 11.4 Å². The number of carbonyl (C=O) groups excluding carboxylic acids is 1. The lowest BCUT2D eigenvalue weighted by Gasteiger charge is -2.13. The standard InChI is InChI=1S/C14H12N2O5/c1-21-11-4-2-3-9(7-11)15-14(18)12-8-10(16(19)20)5-6-13(12)17/h2-8,17H,1H3,(H,15,18)/p-1. The second-order valence-electron chi connectivity index (χ2n) is 4.12. The third kappa shape index (κ3) is 3.27. The largest absolute Gasteiger partial charge is 0.872 e. The average molecular weight is 287 g/mol. The smallest absolute Gasteiger partial charge is 0.270 e. The molecule has 0 fully saturated rings. The minimum absolute atomic E-state index is 0.285. The number of benzene rings is 2. The number of ether oxygens (including phenoxy) is 1. The number of amides is 1. The number of hydrogen-bond acceptors (Lipinski definition) is 5. The van der Waals surface area contributed by atoms with Crippen molar-refractivity contribution in [1.82, 2.24) is 0 Å². The summed E-state index contributed by atoms with van der Waals surface area (Å²) in [5.41, 5.74) is -0.178. The summed E-state index contributed by atoms with van der Waals surface area (Å²) in [6, 6.07) is 9.56. The summed E-state index contributed by atoms with van der Waals surface area (Å²) < 4.78 is 5.01. The fourth-order valence-corrected chi connectivity index (χ4v) is 1.71. The van der Waals surface area contributed by atoms with Crippen LogP contribution in [0.2, 0.25) is 0 Å². The molecule has 0 spiro atoms. The molecule has 0 aliphatic heterocycles. The molecule has 0 heterocycles. The van der Waals surface area contributed by atoms with E-state index in [1.54, 1.807) is 24.3 Å². The van der Waals surface area contributed by atoms with Crippen LogP contribution >= 0.6 is 0 Å². The van der Waals surface area contributed by atoms with Gasteiger partial charge in [0, 0.05) is 29.4 Å². The second kappa shape index (κ2) is 5.91. The first-order chi connectivity index (χ1) is 10.0. The van der Waals surface area contributed by atoms with E-state index < -0.39 is 16.6 Å². The highest BCUT2D eigenvalue weighted by molar-refractivity contribution is 6.06. The van der Waals surface area contributed by atoms with Gasteiger partial charge in [-0.05, 0) is 12.1 Å². The normalized spacial score (nSPS) is 9.95. The summed E-state index contributed by atoms with van der Waals surface area (Å²) in [4.78, 5) is 22.1. The number of nitrogens with one attached hydrogen (secondary N) is 1. The van der Waals surface area contributed by atoms with Gasteiger partial charge in [0.2, 0.25) is 0 Å². The minimum atomic E-state index is -0.711. The van der Waals surface area contributed by atoms with Gasteiger partial charge >= 0.3 is 0 Å². The quantitative estimate of drug-likeness (QED) is 0.683. The Balaban J connectivity index is 2.27. The Hall–Kier alpha value is -3.09. The zero-order valence-electron chi connectivity index (χ0n) is 11.0. The molecule has 2 aromatic rings. The molecule has 0 aliphatic rings. The number of nitrogens with zero attached hydrogens (tertiary/aromatic N) is 1. The van der Waals surface area contributed by atoms with Gasteiger partial charge in [0.15, 0.2) is 0 Å². The van der Waals surface area contributed by atoms with Gasteiger partial charge in [0.1, 0.15) is 5.75 Å². The molecule has 2 rings (SSSR count). The van der Waals surface area contributed by atoms with Crippen molar-refractivity contribution in [2.45, 2.75) is 0 Å². The zero-order chi connectivity index (χ0) is 15.4. The molecule has 7 heteroatoms. The lowest BCUT2D eigenvalue weighted by molar-refractivity contribution is -0.385. The first-order valence-corrected chi connectivity index (χ1v) is 5.92. The van der Waals surface area contributed by atoms with Crippen molar-refractivity contribution in [3.63, 3.8) is 0 Å². The average Bonchev–Trinajstić information content (AvgIpc) is 2.47. The van der Waals surface area contributed by atoms with E-state index in [4.69, 9.17) is 4.74 Å². The van der Waals surface area contributed by atoms with Crippen LogP contribution in [0, 0.1) is 10.1 Å². The molecule has 21 heavy (non-hydrogen) atoms. The van der Waals surface area contributed by atoms with E-state index in [9.17, 15) is 20.0 Å². The van der Waals surface area contributed by atoms with Crippen molar-refractivity contribution < 1.29 is 19.6 Å². The van der Waals surface area contributed by atoms with Crippen LogP contribution in [-0.4, -0.2) is 17.9 Å². The molecule has 0 atom stereocenters. The van der Waals surface area contributed by atoms with E-state index in [1.165, 1.54) is 7.11 Å². The Morgan fingerprint density at radius 1 is 1.24 bits per heavy atom. The molecule has 7 nitrogen and oxygen atoms in total. The molecule has 0 bridgehead atoms. The predicted molar refractivity (Wildman–Crippen MR) is 73.5 cm³/mol. The molecule has 0 unspecified atom stereocenters. The third-order valence-electron chi connectivity index (χ3n) is 2.75. The number of rotatable bonds is 4. The van der Waals surface area contributed by atoms with Gasteiger partial charge in [-0.15, -0.1) is 0 Å². The van der Waals surface area contributed by atoms with Crippen LogP contribution in [0.25, 0.3) is 0 Å². The zero-order valence-corrected chi connectivity index (χ0v) is 11.0. The number of nitro benzene ring substituents is 1. The maximum absolute atomic E-state index is 12.0. The Kier molecular flexibility index (Phi) is 4.03. The van der Waals surface area contributed by atoms with Crippen LogP contribution in [0.3, 0.4) is 0 Å². The molecule has 1 amide bonds. The fraction of sp³-hybridized carbons (Fsp3) is 0.0714. The number of nitro groups is 1. The summed E-state index contributed by atoms with van der Waals surface area (Å²) in [6.07, 6.45) is 0. The van der Waals surface area contributed by atoms with Crippen molar-refractivity contribution in [1.29, 1.82) is 0 Å². The van der Waals surface area contributed by atoms with E-state index >= 15 is 0 Å². The summed E-state index contributed by atoms with van der Waals surface area (Å²) in [5.74, 6) is -0.757. The minimum Gasteiger partial charge on any atom is -0.872 e. The van der Waals surface area contributed by atoms with Gasteiger partial charge < -0.3 is 15.2 Å². The second-order valence-corrected chi connectivity index (χ2v) is 4.12. The number of anilines is 1. The maximum atomic E-state index is 12.0. The fourth-order valence-electron chi connectivity index (χ4n) is 1.71. The highest BCUT2D eigenvalue weighted by Gasteiger charge is 2.13. The monoisotopic (exact) mass is 287 g/mol. The molecule has 0 saturated carbocycles. The van der Waals surface area contributed by atoms with Gasteiger partial charge in [0.25, 0.3) is 11.6 Å². The molecule has 2 aromatic carbocycles.